The third-order valence-electron chi connectivity index (χ3n) is 3.06. The fourth-order valence-electron chi connectivity index (χ4n) is 1.88. The summed E-state index contributed by atoms with van der Waals surface area (Å²) in [7, 11) is 0. The molecule has 1 aromatic rings. The maximum atomic E-state index is 13.7. The van der Waals surface area contributed by atoms with Crippen LogP contribution in [-0.4, -0.2) is 23.8 Å². The molecule has 19 heavy (non-hydrogen) atoms. The molecule has 0 heterocycles. The fourth-order valence-corrected chi connectivity index (χ4v) is 1.88. The molecule has 0 unspecified atom stereocenters. The summed E-state index contributed by atoms with van der Waals surface area (Å²) in [5.74, 6) is -0.963. The lowest BCUT2D eigenvalue weighted by molar-refractivity contribution is 0.395. The Morgan fingerprint density at radius 1 is 1.11 bits per heavy atom. The van der Waals surface area contributed by atoms with Crippen molar-refractivity contribution in [2.45, 2.75) is 39.5 Å². The van der Waals surface area contributed by atoms with Crippen LogP contribution in [0.5, 0.6) is 0 Å². The third-order valence-corrected chi connectivity index (χ3v) is 3.06. The Balaban J connectivity index is 2.87. The van der Waals surface area contributed by atoms with Gasteiger partial charge in [-0.3, -0.25) is 5.41 Å². The molecule has 0 atom stereocenters. The number of nitrogens with zero attached hydrogens (tertiary/aromatic N) is 1. The van der Waals surface area contributed by atoms with Gasteiger partial charge >= 0.3 is 0 Å². The van der Waals surface area contributed by atoms with Crippen LogP contribution in [0.1, 0.15) is 45.1 Å². The molecular formula is C15H22F2N2. The van der Waals surface area contributed by atoms with E-state index in [-0.39, 0.29) is 11.4 Å². The highest BCUT2D eigenvalue weighted by Crippen LogP contribution is 2.13. The van der Waals surface area contributed by atoms with Crippen molar-refractivity contribution in [1.82, 2.24) is 4.90 Å². The van der Waals surface area contributed by atoms with E-state index in [9.17, 15) is 8.78 Å². The molecule has 1 rings (SSSR count). The van der Waals surface area contributed by atoms with Crippen molar-refractivity contribution in [1.29, 1.82) is 5.41 Å². The van der Waals surface area contributed by atoms with Gasteiger partial charge in [-0.1, -0.05) is 26.7 Å². The minimum Gasteiger partial charge on any atom is -0.357 e. The van der Waals surface area contributed by atoms with Gasteiger partial charge in [-0.05, 0) is 31.0 Å². The summed E-state index contributed by atoms with van der Waals surface area (Å²) in [5.41, 5.74) is 0.0483. The van der Waals surface area contributed by atoms with E-state index in [1.54, 1.807) is 0 Å². The maximum absolute atomic E-state index is 13.7. The minimum absolute atomic E-state index is 0.0483. The summed E-state index contributed by atoms with van der Waals surface area (Å²) in [6.45, 7) is 5.57. The van der Waals surface area contributed by atoms with E-state index in [1.165, 1.54) is 0 Å². The molecule has 4 heteroatoms. The summed E-state index contributed by atoms with van der Waals surface area (Å²) < 4.78 is 26.9. The fraction of sp³-hybridized carbons (Fsp3) is 0.533. The average Bonchev–Trinajstić information content (AvgIpc) is 2.41. The van der Waals surface area contributed by atoms with Crippen LogP contribution in [0.2, 0.25) is 0 Å². The molecule has 0 saturated heterocycles. The summed E-state index contributed by atoms with van der Waals surface area (Å²) in [6.07, 6.45) is 3.93. The zero-order valence-electron chi connectivity index (χ0n) is 11.7. The summed E-state index contributed by atoms with van der Waals surface area (Å²) in [6, 6.07) is 3.26. The van der Waals surface area contributed by atoms with Gasteiger partial charge in [0.25, 0.3) is 0 Å². The first-order valence-corrected chi connectivity index (χ1v) is 6.89. The van der Waals surface area contributed by atoms with E-state index in [4.69, 9.17) is 5.41 Å². The predicted molar refractivity (Wildman–Crippen MR) is 74.6 cm³/mol. The molecule has 1 N–H and O–H groups in total. The molecule has 0 radical (unpaired) electrons. The number of benzene rings is 1. The van der Waals surface area contributed by atoms with Crippen molar-refractivity contribution in [3.05, 3.63) is 35.4 Å². The van der Waals surface area contributed by atoms with Gasteiger partial charge in [0.15, 0.2) is 0 Å². The van der Waals surface area contributed by atoms with Gasteiger partial charge < -0.3 is 4.90 Å². The van der Waals surface area contributed by atoms with Crippen LogP contribution >= 0.6 is 0 Å². The van der Waals surface area contributed by atoms with E-state index >= 15 is 0 Å². The molecule has 106 valence electrons. The molecule has 0 aliphatic carbocycles. The van der Waals surface area contributed by atoms with Gasteiger partial charge in [-0.2, -0.15) is 0 Å². The number of halogens is 2. The maximum Gasteiger partial charge on any atom is 0.134 e. The Morgan fingerprint density at radius 3 is 2.21 bits per heavy atom. The van der Waals surface area contributed by atoms with Crippen molar-refractivity contribution in [2.24, 2.45) is 0 Å². The van der Waals surface area contributed by atoms with Crippen molar-refractivity contribution >= 4 is 5.84 Å². The van der Waals surface area contributed by atoms with Crippen LogP contribution in [0.25, 0.3) is 0 Å². The number of hydrogen-bond donors (Lipinski definition) is 1. The first-order chi connectivity index (χ1) is 9.10. The summed E-state index contributed by atoms with van der Waals surface area (Å²) >= 11 is 0. The monoisotopic (exact) mass is 268 g/mol. The Kier molecular flexibility index (Phi) is 6.46. The zero-order valence-corrected chi connectivity index (χ0v) is 11.7. The highest BCUT2D eigenvalue weighted by molar-refractivity contribution is 5.96. The topological polar surface area (TPSA) is 27.1 Å². The first kappa shape index (κ1) is 15.6. The smallest absolute Gasteiger partial charge is 0.134 e. The van der Waals surface area contributed by atoms with Crippen LogP contribution in [0.15, 0.2) is 18.2 Å². The van der Waals surface area contributed by atoms with Gasteiger partial charge in [0.2, 0.25) is 0 Å². The molecule has 0 aliphatic heterocycles. The molecule has 0 amide bonds. The normalized spacial score (nSPS) is 10.5. The van der Waals surface area contributed by atoms with Gasteiger partial charge in [0.05, 0.1) is 5.56 Å². The highest BCUT2D eigenvalue weighted by Gasteiger charge is 2.15. The molecule has 0 fully saturated rings. The molecule has 2 nitrogen and oxygen atoms in total. The highest BCUT2D eigenvalue weighted by atomic mass is 19.1. The van der Waals surface area contributed by atoms with Crippen LogP contribution in [0, 0.1) is 17.0 Å². The van der Waals surface area contributed by atoms with E-state index in [2.05, 4.69) is 13.8 Å². The van der Waals surface area contributed by atoms with Crippen LogP contribution in [0.3, 0.4) is 0 Å². The van der Waals surface area contributed by atoms with Crippen molar-refractivity contribution in [2.75, 3.05) is 13.1 Å². The van der Waals surface area contributed by atoms with E-state index in [0.717, 1.165) is 43.9 Å². The van der Waals surface area contributed by atoms with Gasteiger partial charge in [0, 0.05) is 13.1 Å². The second kappa shape index (κ2) is 7.87. The number of unbranched alkanes of at least 4 members (excludes halogenated alkanes) is 2. The number of hydrogen-bond acceptors (Lipinski definition) is 1. The van der Waals surface area contributed by atoms with Crippen molar-refractivity contribution < 1.29 is 8.78 Å². The first-order valence-electron chi connectivity index (χ1n) is 6.89. The molecule has 0 bridgehead atoms. The van der Waals surface area contributed by atoms with Crippen molar-refractivity contribution in [3.63, 3.8) is 0 Å². The lowest BCUT2D eigenvalue weighted by Gasteiger charge is -2.25. The second-order valence-electron chi connectivity index (χ2n) is 4.67. The number of rotatable bonds is 7. The van der Waals surface area contributed by atoms with Crippen molar-refractivity contribution in [3.8, 4) is 0 Å². The standard InChI is InChI=1S/C15H22F2N2/c1-3-5-9-19(10-6-4-2)15(18)13-11-12(16)7-8-14(13)17/h7-8,11,18H,3-6,9-10H2,1-2H3. The molecular weight excluding hydrogens is 246 g/mol. The van der Waals surface area contributed by atoms with Gasteiger partial charge in [-0.25, -0.2) is 8.78 Å². The number of amidine groups is 1. The van der Waals surface area contributed by atoms with E-state index in [0.29, 0.717) is 13.1 Å². The molecule has 0 aliphatic rings. The lowest BCUT2D eigenvalue weighted by Crippen LogP contribution is -2.33. The predicted octanol–water partition coefficient (Wildman–Crippen LogP) is 4.19. The van der Waals surface area contributed by atoms with Gasteiger partial charge in [0.1, 0.15) is 17.5 Å². The molecule has 0 saturated carbocycles. The molecule has 0 spiro atoms. The molecule has 0 aromatic heterocycles. The average molecular weight is 268 g/mol. The van der Waals surface area contributed by atoms with Crippen LogP contribution < -0.4 is 0 Å². The SMILES string of the molecule is CCCCN(CCCC)C(=N)c1cc(F)ccc1F. The number of nitrogens with one attached hydrogen (secondary N) is 1. The third kappa shape index (κ3) is 4.62. The Bertz CT molecular complexity index is 411. The minimum atomic E-state index is -0.538. The quantitative estimate of drug-likeness (QED) is 0.582. The zero-order chi connectivity index (χ0) is 14.3. The molecule has 1 aromatic carbocycles. The van der Waals surface area contributed by atoms with E-state index < -0.39 is 11.6 Å². The van der Waals surface area contributed by atoms with Crippen LogP contribution in [0.4, 0.5) is 8.78 Å². The summed E-state index contributed by atoms with van der Waals surface area (Å²) in [4.78, 5) is 1.84. The van der Waals surface area contributed by atoms with Gasteiger partial charge in [-0.15, -0.1) is 0 Å². The largest absolute Gasteiger partial charge is 0.357 e. The summed E-state index contributed by atoms with van der Waals surface area (Å²) in [5, 5.41) is 8.10. The van der Waals surface area contributed by atoms with Crippen LogP contribution in [-0.2, 0) is 0 Å². The second-order valence-corrected chi connectivity index (χ2v) is 4.67. The van der Waals surface area contributed by atoms with E-state index in [1.807, 2.05) is 4.90 Å². The Morgan fingerprint density at radius 2 is 1.68 bits per heavy atom. The Hall–Kier alpha value is -1.45. The lowest BCUT2D eigenvalue weighted by atomic mass is 10.1. The Labute approximate surface area is 113 Å².